The summed E-state index contributed by atoms with van der Waals surface area (Å²) in [5.74, 6) is 0. The second-order valence-corrected chi connectivity index (χ2v) is 6.27. The van der Waals surface area contributed by atoms with E-state index < -0.39 is 10.1 Å². The largest absolute Gasteiger partial charge is 0.298 e. The van der Waals surface area contributed by atoms with Crippen LogP contribution >= 0.6 is 0 Å². The molecule has 0 bridgehead atoms. The number of hydrogen-bond donors (Lipinski definition) is 0. The molecule has 0 saturated carbocycles. The molecule has 0 fully saturated rings. The van der Waals surface area contributed by atoms with Gasteiger partial charge in [0.1, 0.15) is 6.29 Å². The predicted octanol–water partition coefficient (Wildman–Crippen LogP) is 2.76. The van der Waals surface area contributed by atoms with Gasteiger partial charge < -0.3 is 0 Å². The summed E-state index contributed by atoms with van der Waals surface area (Å²) in [7, 11) is -3.76. The van der Waals surface area contributed by atoms with Gasteiger partial charge in [-0.05, 0) is 31.0 Å². The fraction of sp³-hybridized carbons (Fsp3) is 0.188. The summed E-state index contributed by atoms with van der Waals surface area (Å²) >= 11 is 0. The SMILES string of the molecule is Cc1ccc(S(=O)(=O)OCCc2ccccc2C=O)cc1. The number of carbonyl (C=O) groups is 1. The Bertz CT molecular complexity index is 718. The van der Waals surface area contributed by atoms with Gasteiger partial charge in [-0.15, -0.1) is 0 Å². The first-order valence-electron chi connectivity index (χ1n) is 6.52. The van der Waals surface area contributed by atoms with Gasteiger partial charge in [-0.25, -0.2) is 0 Å². The Kier molecular flexibility index (Phi) is 4.88. The zero-order valence-electron chi connectivity index (χ0n) is 11.7. The molecule has 2 rings (SSSR count). The molecule has 4 nitrogen and oxygen atoms in total. The molecular weight excluding hydrogens is 288 g/mol. The fourth-order valence-corrected chi connectivity index (χ4v) is 2.82. The van der Waals surface area contributed by atoms with Crippen LogP contribution in [0.2, 0.25) is 0 Å². The first-order chi connectivity index (χ1) is 10.0. The summed E-state index contributed by atoms with van der Waals surface area (Å²) in [6.45, 7) is 1.88. The first-order valence-corrected chi connectivity index (χ1v) is 7.93. The first kappa shape index (κ1) is 15.4. The average Bonchev–Trinajstić information content (AvgIpc) is 2.48. The lowest BCUT2D eigenvalue weighted by Gasteiger charge is -2.07. The van der Waals surface area contributed by atoms with Crippen molar-refractivity contribution in [3.05, 3.63) is 65.2 Å². The van der Waals surface area contributed by atoms with E-state index in [1.807, 2.05) is 6.92 Å². The number of aldehydes is 1. The minimum atomic E-state index is -3.76. The molecule has 0 heterocycles. The Morgan fingerprint density at radius 2 is 1.71 bits per heavy atom. The second kappa shape index (κ2) is 6.65. The zero-order valence-corrected chi connectivity index (χ0v) is 12.5. The molecule has 0 aliphatic heterocycles. The third kappa shape index (κ3) is 4.00. The Balaban J connectivity index is 2.02. The van der Waals surface area contributed by atoms with E-state index in [2.05, 4.69) is 0 Å². The standard InChI is InChI=1S/C16H16O4S/c1-13-6-8-16(9-7-13)21(18,19)20-11-10-14-4-2-3-5-15(14)12-17/h2-9,12H,10-11H2,1H3. The summed E-state index contributed by atoms with van der Waals surface area (Å²) in [5, 5.41) is 0. The molecule has 0 N–H and O–H groups in total. The van der Waals surface area contributed by atoms with Gasteiger partial charge in [0.05, 0.1) is 11.5 Å². The lowest BCUT2D eigenvalue weighted by molar-refractivity contribution is 0.112. The summed E-state index contributed by atoms with van der Waals surface area (Å²) in [6, 6.07) is 13.5. The second-order valence-electron chi connectivity index (χ2n) is 4.66. The van der Waals surface area contributed by atoms with Crippen molar-refractivity contribution < 1.29 is 17.4 Å². The van der Waals surface area contributed by atoms with Crippen LogP contribution in [0.4, 0.5) is 0 Å². The Hall–Kier alpha value is -1.98. The van der Waals surface area contributed by atoms with Crippen LogP contribution in [0.25, 0.3) is 0 Å². The third-order valence-electron chi connectivity index (χ3n) is 3.10. The Morgan fingerprint density at radius 3 is 2.38 bits per heavy atom. The minimum Gasteiger partial charge on any atom is -0.298 e. The molecule has 110 valence electrons. The molecule has 0 radical (unpaired) electrons. The van der Waals surface area contributed by atoms with Crippen LogP contribution in [0.15, 0.2) is 53.4 Å². The van der Waals surface area contributed by atoms with Crippen LogP contribution in [0.3, 0.4) is 0 Å². The lowest BCUT2D eigenvalue weighted by atomic mass is 10.1. The fourth-order valence-electron chi connectivity index (χ4n) is 1.91. The van der Waals surface area contributed by atoms with Crippen molar-refractivity contribution in [3.63, 3.8) is 0 Å². The summed E-state index contributed by atoms with van der Waals surface area (Å²) < 4.78 is 29.0. The highest BCUT2D eigenvalue weighted by atomic mass is 32.2. The summed E-state index contributed by atoms with van der Waals surface area (Å²) in [5.41, 5.74) is 2.30. The van der Waals surface area contributed by atoms with Gasteiger partial charge in [-0.2, -0.15) is 8.42 Å². The minimum absolute atomic E-state index is 0.00105. The van der Waals surface area contributed by atoms with Crippen molar-refractivity contribution in [2.75, 3.05) is 6.61 Å². The maximum atomic E-state index is 12.0. The molecule has 0 amide bonds. The van der Waals surface area contributed by atoms with Crippen molar-refractivity contribution in [2.45, 2.75) is 18.2 Å². The van der Waals surface area contributed by atoms with Crippen LogP contribution in [0.5, 0.6) is 0 Å². The maximum Gasteiger partial charge on any atom is 0.296 e. The van der Waals surface area contributed by atoms with Gasteiger partial charge >= 0.3 is 0 Å². The van der Waals surface area contributed by atoms with Crippen molar-refractivity contribution in [3.8, 4) is 0 Å². The highest BCUT2D eigenvalue weighted by Crippen LogP contribution is 2.14. The molecule has 2 aromatic rings. The van der Waals surface area contributed by atoms with Gasteiger partial charge in [-0.3, -0.25) is 8.98 Å². The summed E-state index contributed by atoms with van der Waals surface area (Å²) in [6.07, 6.45) is 1.11. The Labute approximate surface area is 124 Å². The van der Waals surface area contributed by atoms with E-state index in [1.165, 1.54) is 12.1 Å². The number of aryl methyl sites for hydroxylation is 1. The number of benzene rings is 2. The topological polar surface area (TPSA) is 60.4 Å². The van der Waals surface area contributed by atoms with Gasteiger partial charge in [-0.1, -0.05) is 42.0 Å². The van der Waals surface area contributed by atoms with Crippen molar-refractivity contribution in [1.29, 1.82) is 0 Å². The molecule has 2 aromatic carbocycles. The van der Waals surface area contributed by atoms with Crippen LogP contribution in [-0.2, 0) is 20.7 Å². The average molecular weight is 304 g/mol. The van der Waals surface area contributed by atoms with E-state index in [1.54, 1.807) is 36.4 Å². The van der Waals surface area contributed by atoms with Crippen molar-refractivity contribution in [2.24, 2.45) is 0 Å². The molecule has 21 heavy (non-hydrogen) atoms. The molecule has 0 aromatic heterocycles. The van der Waals surface area contributed by atoms with E-state index in [4.69, 9.17) is 4.18 Å². The Morgan fingerprint density at radius 1 is 1.05 bits per heavy atom. The molecule has 5 heteroatoms. The maximum absolute atomic E-state index is 12.0. The predicted molar refractivity (Wildman–Crippen MR) is 79.9 cm³/mol. The van der Waals surface area contributed by atoms with Crippen LogP contribution in [0, 0.1) is 6.92 Å². The molecular formula is C16H16O4S. The van der Waals surface area contributed by atoms with Crippen LogP contribution in [-0.4, -0.2) is 21.3 Å². The van der Waals surface area contributed by atoms with E-state index in [0.717, 1.165) is 17.4 Å². The molecule has 0 unspecified atom stereocenters. The molecule has 0 saturated heterocycles. The third-order valence-corrected chi connectivity index (χ3v) is 4.43. The lowest BCUT2D eigenvalue weighted by Crippen LogP contribution is -2.10. The van der Waals surface area contributed by atoms with Gasteiger partial charge in [0.2, 0.25) is 0 Å². The zero-order chi connectivity index (χ0) is 15.3. The van der Waals surface area contributed by atoms with Crippen LogP contribution in [0.1, 0.15) is 21.5 Å². The molecule has 0 aliphatic rings. The number of hydrogen-bond acceptors (Lipinski definition) is 4. The number of rotatable bonds is 6. The quantitative estimate of drug-likeness (QED) is 0.608. The highest BCUT2D eigenvalue weighted by molar-refractivity contribution is 7.86. The molecule has 0 atom stereocenters. The number of carbonyl (C=O) groups excluding carboxylic acids is 1. The van der Waals surface area contributed by atoms with E-state index in [9.17, 15) is 13.2 Å². The van der Waals surface area contributed by atoms with Gasteiger partial charge in [0.15, 0.2) is 0 Å². The van der Waals surface area contributed by atoms with Crippen molar-refractivity contribution in [1.82, 2.24) is 0 Å². The van der Waals surface area contributed by atoms with E-state index >= 15 is 0 Å². The normalized spacial score (nSPS) is 11.3. The smallest absolute Gasteiger partial charge is 0.296 e. The van der Waals surface area contributed by atoms with Crippen molar-refractivity contribution >= 4 is 16.4 Å². The molecule has 0 aliphatic carbocycles. The van der Waals surface area contributed by atoms with E-state index in [0.29, 0.717) is 12.0 Å². The van der Waals surface area contributed by atoms with E-state index in [-0.39, 0.29) is 11.5 Å². The summed E-state index contributed by atoms with van der Waals surface area (Å²) in [4.78, 5) is 11.0. The molecule has 0 spiro atoms. The highest BCUT2D eigenvalue weighted by Gasteiger charge is 2.14. The monoisotopic (exact) mass is 304 g/mol. The van der Waals surface area contributed by atoms with Gasteiger partial charge in [0, 0.05) is 5.56 Å². The van der Waals surface area contributed by atoms with Gasteiger partial charge in [0.25, 0.3) is 10.1 Å². The van der Waals surface area contributed by atoms with Crippen LogP contribution < -0.4 is 0 Å².